The summed E-state index contributed by atoms with van der Waals surface area (Å²) in [5, 5.41) is 3.43. The summed E-state index contributed by atoms with van der Waals surface area (Å²) >= 11 is 0. The fourth-order valence-corrected chi connectivity index (χ4v) is 3.28. The van der Waals surface area contributed by atoms with Crippen molar-refractivity contribution >= 4 is 24.8 Å². The Morgan fingerprint density at radius 1 is 1.04 bits per heavy atom. The largest absolute Gasteiger partial charge is 0.493 e. The molecule has 2 rings (SSSR count). The van der Waals surface area contributed by atoms with E-state index in [-0.39, 0.29) is 30.2 Å². The van der Waals surface area contributed by atoms with Crippen LogP contribution in [0.3, 0.4) is 0 Å². The maximum Gasteiger partial charge on any atom is 0.165 e. The van der Waals surface area contributed by atoms with E-state index in [1.165, 1.54) is 5.56 Å². The number of ether oxygens (including phenoxy) is 2. The summed E-state index contributed by atoms with van der Waals surface area (Å²) in [7, 11) is 3.41. The van der Waals surface area contributed by atoms with Crippen LogP contribution >= 0.6 is 24.8 Å². The predicted molar refractivity (Wildman–Crippen MR) is 101 cm³/mol. The first-order chi connectivity index (χ1) is 9.99. The van der Waals surface area contributed by atoms with Crippen LogP contribution in [0.4, 0.5) is 0 Å². The van der Waals surface area contributed by atoms with Crippen molar-refractivity contribution in [2.24, 2.45) is 5.41 Å². The molecule has 1 heterocycles. The molecule has 1 aromatic carbocycles. The molecule has 0 saturated carbocycles. The zero-order valence-corrected chi connectivity index (χ0v) is 16.4. The number of para-hydroxylation sites is 1. The number of hydrogen-bond acceptors (Lipinski definition) is 4. The van der Waals surface area contributed by atoms with Gasteiger partial charge in [-0.25, -0.2) is 0 Å². The molecule has 23 heavy (non-hydrogen) atoms. The van der Waals surface area contributed by atoms with E-state index < -0.39 is 0 Å². The highest BCUT2D eigenvalue weighted by Gasteiger charge is 2.35. The minimum absolute atomic E-state index is 0. The van der Waals surface area contributed by atoms with Crippen molar-refractivity contribution in [1.82, 2.24) is 10.2 Å². The summed E-state index contributed by atoms with van der Waals surface area (Å²) in [6, 6.07) is 6.49. The van der Waals surface area contributed by atoms with Gasteiger partial charge in [0.05, 0.1) is 14.2 Å². The average molecular weight is 365 g/mol. The van der Waals surface area contributed by atoms with E-state index in [0.717, 1.165) is 37.7 Å². The minimum Gasteiger partial charge on any atom is -0.493 e. The fraction of sp³-hybridized carbons (Fsp3) is 0.647. The van der Waals surface area contributed by atoms with Gasteiger partial charge >= 0.3 is 0 Å². The molecule has 1 aliphatic rings. The predicted octanol–water partition coefficient (Wildman–Crippen LogP) is 3.54. The first kappa shape index (κ1) is 22.3. The summed E-state index contributed by atoms with van der Waals surface area (Å²) in [6.45, 7) is 11.1. The number of piperazine rings is 1. The Balaban J connectivity index is 0.00000242. The van der Waals surface area contributed by atoms with Crippen LogP contribution in [-0.4, -0.2) is 45.3 Å². The molecule has 0 bridgehead atoms. The summed E-state index contributed by atoms with van der Waals surface area (Å²) < 4.78 is 11.1. The monoisotopic (exact) mass is 364 g/mol. The minimum atomic E-state index is 0. The highest BCUT2D eigenvalue weighted by atomic mass is 35.5. The molecule has 0 amide bonds. The van der Waals surface area contributed by atoms with E-state index in [4.69, 9.17) is 9.47 Å². The van der Waals surface area contributed by atoms with Crippen LogP contribution in [0, 0.1) is 5.41 Å². The van der Waals surface area contributed by atoms with Crippen LogP contribution in [-0.2, 0) is 0 Å². The van der Waals surface area contributed by atoms with Gasteiger partial charge in [-0.1, -0.05) is 32.9 Å². The number of rotatable bonds is 4. The molecule has 1 N–H and O–H groups in total. The Kier molecular flexibility index (Phi) is 9.29. The van der Waals surface area contributed by atoms with Gasteiger partial charge in [0.1, 0.15) is 0 Å². The smallest absolute Gasteiger partial charge is 0.165 e. The van der Waals surface area contributed by atoms with E-state index in [0.29, 0.717) is 6.04 Å². The van der Waals surface area contributed by atoms with Crippen molar-refractivity contribution < 1.29 is 9.47 Å². The van der Waals surface area contributed by atoms with Crippen molar-refractivity contribution in [2.45, 2.75) is 26.8 Å². The molecule has 0 aromatic heterocycles. The lowest BCUT2D eigenvalue weighted by Gasteiger charge is -2.43. The summed E-state index contributed by atoms with van der Waals surface area (Å²) in [5.74, 6) is 1.66. The van der Waals surface area contributed by atoms with Gasteiger partial charge in [0, 0.05) is 37.8 Å². The molecule has 1 aliphatic heterocycles. The van der Waals surface area contributed by atoms with Crippen LogP contribution in [0.25, 0.3) is 0 Å². The molecule has 1 fully saturated rings. The van der Waals surface area contributed by atoms with Gasteiger partial charge in [0.15, 0.2) is 11.5 Å². The molecule has 1 aromatic rings. The molecule has 134 valence electrons. The lowest BCUT2D eigenvalue weighted by molar-refractivity contribution is 0.0838. The molecule has 4 nitrogen and oxygen atoms in total. The SMILES string of the molecule is COc1cccc([C@H](N2CCNCC2)C(C)(C)C)c1OC.Cl.Cl. The maximum absolute atomic E-state index is 5.67. The molecule has 1 atom stereocenters. The number of benzene rings is 1. The first-order valence-corrected chi connectivity index (χ1v) is 7.64. The van der Waals surface area contributed by atoms with Crippen molar-refractivity contribution in [3.05, 3.63) is 23.8 Å². The van der Waals surface area contributed by atoms with Gasteiger partial charge in [0.2, 0.25) is 0 Å². The van der Waals surface area contributed by atoms with E-state index in [1.54, 1.807) is 14.2 Å². The second kappa shape index (κ2) is 9.58. The quantitative estimate of drug-likeness (QED) is 0.885. The van der Waals surface area contributed by atoms with Gasteiger partial charge in [0.25, 0.3) is 0 Å². The van der Waals surface area contributed by atoms with E-state index in [9.17, 15) is 0 Å². The van der Waals surface area contributed by atoms with Gasteiger partial charge in [-0.15, -0.1) is 24.8 Å². The Morgan fingerprint density at radius 3 is 2.13 bits per heavy atom. The third-order valence-corrected chi connectivity index (χ3v) is 4.07. The highest BCUT2D eigenvalue weighted by molar-refractivity contribution is 5.85. The lowest BCUT2D eigenvalue weighted by atomic mass is 9.80. The van der Waals surface area contributed by atoms with Gasteiger partial charge < -0.3 is 14.8 Å². The summed E-state index contributed by atoms with van der Waals surface area (Å²) in [5.41, 5.74) is 1.34. The van der Waals surface area contributed by atoms with E-state index >= 15 is 0 Å². The molecular weight excluding hydrogens is 335 g/mol. The fourth-order valence-electron chi connectivity index (χ4n) is 3.28. The van der Waals surface area contributed by atoms with Crippen molar-refractivity contribution in [3.8, 4) is 11.5 Å². The van der Waals surface area contributed by atoms with Gasteiger partial charge in [-0.2, -0.15) is 0 Å². The van der Waals surface area contributed by atoms with Crippen molar-refractivity contribution in [3.63, 3.8) is 0 Å². The van der Waals surface area contributed by atoms with Crippen LogP contribution in [0.5, 0.6) is 11.5 Å². The zero-order chi connectivity index (χ0) is 15.5. The van der Waals surface area contributed by atoms with Crippen LogP contribution < -0.4 is 14.8 Å². The van der Waals surface area contributed by atoms with E-state index in [2.05, 4.69) is 43.1 Å². The first-order valence-electron chi connectivity index (χ1n) is 7.64. The van der Waals surface area contributed by atoms with Crippen LogP contribution in [0.15, 0.2) is 18.2 Å². The number of methoxy groups -OCH3 is 2. The van der Waals surface area contributed by atoms with Gasteiger partial charge in [-0.05, 0) is 11.5 Å². The zero-order valence-electron chi connectivity index (χ0n) is 14.7. The second-order valence-electron chi connectivity index (χ2n) is 6.64. The topological polar surface area (TPSA) is 33.7 Å². The molecule has 1 saturated heterocycles. The molecular formula is C17H30Cl2N2O2. The molecule has 0 spiro atoms. The Labute approximate surface area is 152 Å². The third kappa shape index (κ3) is 5.15. The second-order valence-corrected chi connectivity index (χ2v) is 6.64. The Hall–Kier alpha value is -0.680. The number of nitrogens with zero attached hydrogens (tertiary/aromatic N) is 1. The molecule has 0 radical (unpaired) electrons. The Bertz CT molecular complexity index is 472. The Morgan fingerprint density at radius 2 is 1.65 bits per heavy atom. The van der Waals surface area contributed by atoms with Crippen molar-refractivity contribution in [2.75, 3.05) is 40.4 Å². The van der Waals surface area contributed by atoms with Crippen molar-refractivity contribution in [1.29, 1.82) is 0 Å². The number of halogens is 2. The van der Waals surface area contributed by atoms with Crippen LogP contribution in [0.2, 0.25) is 0 Å². The van der Waals surface area contributed by atoms with E-state index in [1.807, 2.05) is 6.07 Å². The highest BCUT2D eigenvalue weighted by Crippen LogP contribution is 2.44. The molecule has 0 unspecified atom stereocenters. The lowest BCUT2D eigenvalue weighted by Crippen LogP contribution is -2.48. The molecule has 0 aliphatic carbocycles. The summed E-state index contributed by atoms with van der Waals surface area (Å²) in [4.78, 5) is 2.55. The maximum atomic E-state index is 5.67. The number of nitrogens with one attached hydrogen (secondary N) is 1. The molecule has 6 heteroatoms. The normalized spacial score (nSPS) is 16.7. The summed E-state index contributed by atoms with van der Waals surface area (Å²) in [6.07, 6.45) is 0. The average Bonchev–Trinajstić information content (AvgIpc) is 2.46. The standard InChI is InChI=1S/C17H28N2O2.2ClH/c1-17(2,3)16(19-11-9-18-10-12-19)13-7-6-8-14(20-4)15(13)21-5;;/h6-8,16,18H,9-12H2,1-5H3;2*1H/t16-;;/m0../s1. The van der Waals surface area contributed by atoms with Crippen LogP contribution in [0.1, 0.15) is 32.4 Å². The number of hydrogen-bond donors (Lipinski definition) is 1. The third-order valence-electron chi connectivity index (χ3n) is 4.07. The van der Waals surface area contributed by atoms with Gasteiger partial charge in [-0.3, -0.25) is 4.90 Å².